The van der Waals surface area contributed by atoms with E-state index in [-0.39, 0.29) is 29.5 Å². The van der Waals surface area contributed by atoms with Gasteiger partial charge in [0.25, 0.3) is 5.69 Å². The van der Waals surface area contributed by atoms with Gasteiger partial charge in [-0.3, -0.25) is 14.9 Å². The van der Waals surface area contributed by atoms with Crippen LogP contribution in [0.3, 0.4) is 0 Å². The molecule has 1 amide bonds. The highest BCUT2D eigenvalue weighted by Gasteiger charge is 2.64. The molecule has 0 radical (unpaired) electrons. The van der Waals surface area contributed by atoms with Crippen molar-refractivity contribution in [2.24, 2.45) is 22.4 Å². The van der Waals surface area contributed by atoms with Gasteiger partial charge < -0.3 is 9.47 Å². The van der Waals surface area contributed by atoms with Gasteiger partial charge in [-0.15, -0.1) is 0 Å². The third-order valence-corrected chi connectivity index (χ3v) is 6.81. The standard InChI is InChI=1S/C25H29N3O5/c1-3-32-22-14-18(15-26-27-24(29)23-20-6-4-5-13-25(20,23)2)9-12-21(22)33-16-17-7-10-19(11-8-17)28(30)31/h7-12,14-15,20,23H,3-6,13,16H2,1-2H3,(H,27,29)/b26-15+/t20-,23-,25+/m0/s1. The van der Waals surface area contributed by atoms with Crippen LogP contribution in [0.5, 0.6) is 11.5 Å². The number of nitro benzene ring substituents is 1. The van der Waals surface area contributed by atoms with Crippen LogP contribution in [0.25, 0.3) is 0 Å². The van der Waals surface area contributed by atoms with E-state index in [9.17, 15) is 14.9 Å². The van der Waals surface area contributed by atoms with E-state index in [4.69, 9.17) is 9.47 Å². The molecule has 4 rings (SSSR count). The molecule has 0 aliphatic heterocycles. The zero-order valence-corrected chi connectivity index (χ0v) is 19.0. The molecule has 0 heterocycles. The summed E-state index contributed by atoms with van der Waals surface area (Å²) in [7, 11) is 0. The Morgan fingerprint density at radius 2 is 2.00 bits per heavy atom. The average molecular weight is 452 g/mol. The van der Waals surface area contributed by atoms with Crippen molar-refractivity contribution in [3.05, 3.63) is 63.7 Å². The minimum Gasteiger partial charge on any atom is -0.490 e. The summed E-state index contributed by atoms with van der Waals surface area (Å²) in [6.45, 7) is 4.82. The van der Waals surface area contributed by atoms with Gasteiger partial charge in [-0.1, -0.05) is 19.8 Å². The zero-order chi connectivity index (χ0) is 23.4. The first kappa shape index (κ1) is 22.8. The molecule has 3 atom stereocenters. The second-order valence-corrected chi connectivity index (χ2v) is 8.92. The number of non-ortho nitro benzene ring substituents is 1. The van der Waals surface area contributed by atoms with Crippen LogP contribution in [0.4, 0.5) is 5.69 Å². The molecule has 2 fully saturated rings. The number of hydrazone groups is 1. The molecule has 1 N–H and O–H groups in total. The SMILES string of the molecule is CCOc1cc(/C=N/NC(=O)[C@@H]2[C@@H]3CCCC[C@@]23C)ccc1OCc1ccc([N+](=O)[O-])cc1. The van der Waals surface area contributed by atoms with Crippen LogP contribution >= 0.6 is 0 Å². The van der Waals surface area contributed by atoms with Crippen LogP contribution in [0, 0.1) is 27.4 Å². The number of fused-ring (bicyclic) bond motifs is 1. The second-order valence-electron chi connectivity index (χ2n) is 8.92. The smallest absolute Gasteiger partial charge is 0.269 e. The summed E-state index contributed by atoms with van der Waals surface area (Å²) in [5, 5.41) is 14.9. The Labute approximate surface area is 193 Å². The van der Waals surface area contributed by atoms with Crippen molar-refractivity contribution < 1.29 is 19.2 Å². The Hall–Kier alpha value is -3.42. The van der Waals surface area contributed by atoms with Crippen molar-refractivity contribution in [2.45, 2.75) is 46.1 Å². The lowest BCUT2D eigenvalue weighted by Gasteiger charge is -2.15. The molecule has 8 nitrogen and oxygen atoms in total. The normalized spacial score (nSPS) is 23.6. The second kappa shape index (κ2) is 9.60. The van der Waals surface area contributed by atoms with Crippen LogP contribution in [0.15, 0.2) is 47.6 Å². The summed E-state index contributed by atoms with van der Waals surface area (Å²) in [6.07, 6.45) is 6.29. The van der Waals surface area contributed by atoms with Gasteiger partial charge in [-0.05, 0) is 72.6 Å². The lowest BCUT2D eigenvalue weighted by Crippen LogP contribution is -2.22. The quantitative estimate of drug-likeness (QED) is 0.333. The van der Waals surface area contributed by atoms with Gasteiger partial charge in [-0.25, -0.2) is 5.43 Å². The molecular formula is C25H29N3O5. The zero-order valence-electron chi connectivity index (χ0n) is 19.0. The average Bonchev–Trinajstić information content (AvgIpc) is 3.44. The van der Waals surface area contributed by atoms with Crippen LogP contribution in [-0.2, 0) is 11.4 Å². The highest BCUT2D eigenvalue weighted by Crippen LogP contribution is 2.66. The Bertz CT molecular complexity index is 1050. The summed E-state index contributed by atoms with van der Waals surface area (Å²) in [5.74, 6) is 1.71. The molecule has 2 aromatic carbocycles. The summed E-state index contributed by atoms with van der Waals surface area (Å²) in [5.41, 5.74) is 4.50. The highest BCUT2D eigenvalue weighted by atomic mass is 16.6. The molecule has 8 heteroatoms. The van der Waals surface area contributed by atoms with Gasteiger partial charge in [0.1, 0.15) is 6.61 Å². The molecule has 0 unspecified atom stereocenters. The Kier molecular flexibility index (Phi) is 6.62. The minimum atomic E-state index is -0.432. The molecule has 2 aliphatic rings. The number of hydrogen-bond donors (Lipinski definition) is 1. The molecule has 2 saturated carbocycles. The Balaban J connectivity index is 1.36. The van der Waals surface area contributed by atoms with Crippen LogP contribution < -0.4 is 14.9 Å². The van der Waals surface area contributed by atoms with Crippen LogP contribution in [0.1, 0.15) is 50.7 Å². The molecule has 0 aromatic heterocycles. The topological polar surface area (TPSA) is 103 Å². The number of nitrogens with one attached hydrogen (secondary N) is 1. The molecule has 0 saturated heterocycles. The van der Waals surface area contributed by atoms with Crippen molar-refractivity contribution in [2.75, 3.05) is 6.61 Å². The first-order valence-corrected chi connectivity index (χ1v) is 11.4. The molecule has 2 aromatic rings. The van der Waals surface area contributed by atoms with E-state index in [1.165, 1.54) is 25.0 Å². The van der Waals surface area contributed by atoms with Crippen molar-refractivity contribution >= 4 is 17.8 Å². The van der Waals surface area contributed by atoms with Crippen molar-refractivity contribution in [3.63, 3.8) is 0 Å². The van der Waals surface area contributed by atoms with E-state index in [1.807, 2.05) is 19.1 Å². The molecule has 33 heavy (non-hydrogen) atoms. The summed E-state index contributed by atoms with van der Waals surface area (Å²) < 4.78 is 11.6. The Morgan fingerprint density at radius 1 is 1.21 bits per heavy atom. The van der Waals surface area contributed by atoms with Crippen LogP contribution in [-0.4, -0.2) is 23.7 Å². The first-order valence-electron chi connectivity index (χ1n) is 11.4. The summed E-state index contributed by atoms with van der Waals surface area (Å²) >= 11 is 0. The van der Waals surface area contributed by atoms with E-state index in [2.05, 4.69) is 17.5 Å². The lowest BCUT2D eigenvalue weighted by molar-refractivity contribution is -0.384. The van der Waals surface area contributed by atoms with E-state index < -0.39 is 4.92 Å². The highest BCUT2D eigenvalue weighted by molar-refractivity contribution is 5.86. The maximum absolute atomic E-state index is 12.6. The minimum absolute atomic E-state index is 0.00809. The molecule has 0 bridgehead atoms. The van der Waals surface area contributed by atoms with Gasteiger partial charge >= 0.3 is 0 Å². The van der Waals surface area contributed by atoms with E-state index in [0.717, 1.165) is 24.0 Å². The van der Waals surface area contributed by atoms with E-state index in [0.29, 0.717) is 24.0 Å². The number of nitro groups is 1. The third-order valence-electron chi connectivity index (χ3n) is 6.81. The fraction of sp³-hybridized carbons (Fsp3) is 0.440. The van der Waals surface area contributed by atoms with Crippen LogP contribution in [0.2, 0.25) is 0 Å². The molecule has 0 spiro atoms. The molecular weight excluding hydrogens is 422 g/mol. The lowest BCUT2D eigenvalue weighted by atomic mass is 9.90. The first-order chi connectivity index (χ1) is 15.9. The number of carbonyl (C=O) groups is 1. The number of hydrogen-bond acceptors (Lipinski definition) is 6. The van der Waals surface area contributed by atoms with Gasteiger partial charge in [0.05, 0.1) is 17.7 Å². The van der Waals surface area contributed by atoms with Crippen molar-refractivity contribution in [1.82, 2.24) is 5.43 Å². The fourth-order valence-corrected chi connectivity index (χ4v) is 4.96. The molecule has 2 aliphatic carbocycles. The van der Waals surface area contributed by atoms with E-state index >= 15 is 0 Å². The van der Waals surface area contributed by atoms with Crippen molar-refractivity contribution in [3.8, 4) is 11.5 Å². The van der Waals surface area contributed by atoms with Crippen molar-refractivity contribution in [1.29, 1.82) is 0 Å². The van der Waals surface area contributed by atoms with Gasteiger partial charge in [-0.2, -0.15) is 5.10 Å². The van der Waals surface area contributed by atoms with E-state index in [1.54, 1.807) is 24.4 Å². The van der Waals surface area contributed by atoms with Gasteiger partial charge in [0.15, 0.2) is 11.5 Å². The predicted molar refractivity (Wildman–Crippen MR) is 124 cm³/mol. The maximum Gasteiger partial charge on any atom is 0.269 e. The maximum atomic E-state index is 12.6. The Morgan fingerprint density at radius 3 is 2.67 bits per heavy atom. The number of rotatable bonds is 9. The fourth-order valence-electron chi connectivity index (χ4n) is 4.96. The third kappa shape index (κ3) is 4.99. The number of ether oxygens (including phenoxy) is 2. The number of carbonyl (C=O) groups excluding carboxylic acids is 1. The number of amides is 1. The monoisotopic (exact) mass is 451 g/mol. The number of nitrogens with zero attached hydrogens (tertiary/aromatic N) is 2. The number of benzene rings is 2. The van der Waals surface area contributed by atoms with Gasteiger partial charge in [0, 0.05) is 18.1 Å². The summed E-state index contributed by atoms with van der Waals surface area (Å²) in [4.78, 5) is 22.9. The molecule has 174 valence electrons. The summed E-state index contributed by atoms with van der Waals surface area (Å²) in [6, 6.07) is 11.7. The predicted octanol–water partition coefficient (Wildman–Crippen LogP) is 4.85. The largest absolute Gasteiger partial charge is 0.490 e. The van der Waals surface area contributed by atoms with Gasteiger partial charge in [0.2, 0.25) is 5.91 Å².